The molecule has 4 heterocycles. The number of rotatable bonds is 6. The van der Waals surface area contributed by atoms with Crippen LogP contribution in [-0.4, -0.2) is 58.0 Å². The summed E-state index contributed by atoms with van der Waals surface area (Å²) in [5.74, 6) is 1.24. The Kier molecular flexibility index (Phi) is 5.16. The van der Waals surface area contributed by atoms with Gasteiger partial charge in [-0.05, 0) is 43.7 Å². The van der Waals surface area contributed by atoms with Crippen LogP contribution in [0.5, 0.6) is 11.6 Å². The van der Waals surface area contributed by atoms with Crippen LogP contribution in [0.2, 0.25) is 0 Å². The summed E-state index contributed by atoms with van der Waals surface area (Å²) in [5, 5.41) is 5.04. The van der Waals surface area contributed by atoms with Crippen LogP contribution < -0.4 is 9.47 Å². The number of hydrogen-bond donors (Lipinski definition) is 0. The molecule has 5 rings (SSSR count). The second-order valence-electron chi connectivity index (χ2n) is 8.71. The fourth-order valence-corrected chi connectivity index (χ4v) is 5.27. The van der Waals surface area contributed by atoms with Crippen LogP contribution in [0.1, 0.15) is 32.6 Å². The van der Waals surface area contributed by atoms with Crippen LogP contribution >= 0.6 is 0 Å². The quantitative estimate of drug-likeness (QED) is 0.305. The molecule has 0 radical (unpaired) electrons. The number of fused-ring (bicyclic) bond motifs is 2. The molecule has 2 aromatic rings. The highest BCUT2D eigenvalue weighted by Crippen LogP contribution is 2.38. The van der Waals surface area contributed by atoms with Crippen molar-refractivity contribution in [3.05, 3.63) is 18.2 Å². The van der Waals surface area contributed by atoms with Crippen molar-refractivity contribution >= 4 is 22.8 Å². The number of piperidine rings is 1. The van der Waals surface area contributed by atoms with Gasteiger partial charge in [-0.25, -0.2) is 9.59 Å². The van der Waals surface area contributed by atoms with Gasteiger partial charge in [0.1, 0.15) is 17.7 Å². The topological polar surface area (TPSA) is 82.9 Å². The number of aromatic nitrogens is 2. The smallest absolute Gasteiger partial charge is 0.417 e. The molecule has 8 nitrogen and oxygen atoms in total. The first-order valence-electron chi connectivity index (χ1n) is 10.8. The average Bonchev–Trinajstić information content (AvgIpc) is 3.14. The molecule has 3 aliphatic rings. The predicted octanol–water partition coefficient (Wildman–Crippen LogP) is 2.14. The third-order valence-electron chi connectivity index (χ3n) is 6.52. The zero-order valence-electron chi connectivity index (χ0n) is 17.5. The first kappa shape index (κ1) is 20.0. The molecule has 3 atom stereocenters. The number of carbonyl (C=O) groups excluding carboxylic acids is 2. The van der Waals surface area contributed by atoms with Crippen molar-refractivity contribution in [3.8, 4) is 24.0 Å². The molecule has 3 aliphatic heterocycles. The van der Waals surface area contributed by atoms with E-state index in [1.165, 1.54) is 12.8 Å². The molecule has 2 bridgehead atoms. The van der Waals surface area contributed by atoms with Gasteiger partial charge < -0.3 is 14.2 Å². The minimum atomic E-state index is -1.05. The summed E-state index contributed by atoms with van der Waals surface area (Å²) in [4.78, 5) is 26.1. The molecule has 0 aliphatic carbocycles. The molecule has 1 aromatic carbocycles. The zero-order valence-corrected chi connectivity index (χ0v) is 17.5. The van der Waals surface area contributed by atoms with Crippen molar-refractivity contribution in [1.82, 2.24) is 14.7 Å². The average molecular weight is 423 g/mol. The molecule has 1 aromatic heterocycles. The van der Waals surface area contributed by atoms with Crippen molar-refractivity contribution in [2.45, 2.75) is 57.3 Å². The van der Waals surface area contributed by atoms with Crippen LogP contribution in [0, 0.1) is 18.3 Å². The summed E-state index contributed by atoms with van der Waals surface area (Å²) in [6.45, 7) is 4.22. The second kappa shape index (κ2) is 7.98. The van der Waals surface area contributed by atoms with E-state index in [4.69, 9.17) is 20.6 Å². The highest BCUT2D eigenvalue weighted by Gasteiger charge is 2.41. The fourth-order valence-electron chi connectivity index (χ4n) is 5.27. The van der Waals surface area contributed by atoms with Gasteiger partial charge >= 0.3 is 11.9 Å². The monoisotopic (exact) mass is 423 g/mol. The lowest BCUT2D eigenvalue weighted by molar-refractivity contribution is -0.155. The Morgan fingerprint density at radius 1 is 1.19 bits per heavy atom. The zero-order chi connectivity index (χ0) is 21.5. The maximum Gasteiger partial charge on any atom is 0.424 e. The van der Waals surface area contributed by atoms with E-state index in [0.29, 0.717) is 42.3 Å². The molecule has 0 spiro atoms. The van der Waals surface area contributed by atoms with Crippen LogP contribution in [0.15, 0.2) is 18.2 Å². The van der Waals surface area contributed by atoms with Crippen molar-refractivity contribution in [2.24, 2.45) is 5.92 Å². The largest absolute Gasteiger partial charge is 0.424 e. The van der Waals surface area contributed by atoms with Gasteiger partial charge in [-0.15, -0.1) is 11.5 Å². The predicted molar refractivity (Wildman–Crippen MR) is 111 cm³/mol. The molecule has 162 valence electrons. The van der Waals surface area contributed by atoms with Crippen LogP contribution in [0.3, 0.4) is 0 Å². The molecule has 2 saturated heterocycles. The number of hydrogen-bond acceptors (Lipinski definition) is 7. The molecule has 0 unspecified atom stereocenters. The summed E-state index contributed by atoms with van der Waals surface area (Å²) in [6, 6.07) is 6.39. The van der Waals surface area contributed by atoms with Crippen molar-refractivity contribution in [1.29, 1.82) is 0 Å². The van der Waals surface area contributed by atoms with Gasteiger partial charge in [0, 0.05) is 25.2 Å². The Morgan fingerprint density at radius 2 is 1.94 bits per heavy atom. The molecule has 0 saturated carbocycles. The van der Waals surface area contributed by atoms with E-state index >= 15 is 0 Å². The van der Waals surface area contributed by atoms with Gasteiger partial charge in [-0.3, -0.25) is 9.58 Å². The van der Waals surface area contributed by atoms with Gasteiger partial charge in [0.05, 0.1) is 11.6 Å². The normalized spacial score (nSPS) is 26.3. The Bertz CT molecular complexity index is 1060. The lowest BCUT2D eigenvalue weighted by atomic mass is 9.98. The summed E-state index contributed by atoms with van der Waals surface area (Å²) < 4.78 is 18.0. The summed E-state index contributed by atoms with van der Waals surface area (Å²) >= 11 is 0. The summed E-state index contributed by atoms with van der Waals surface area (Å²) in [6.07, 6.45) is 10.1. The Hall–Kier alpha value is -2.89. The fraction of sp³-hybridized carbons (Fsp3) is 0.522. The molecular formula is C23H25N3O5. The first-order valence-corrected chi connectivity index (χ1v) is 10.8. The van der Waals surface area contributed by atoms with Crippen molar-refractivity contribution in [3.63, 3.8) is 0 Å². The Labute approximate surface area is 180 Å². The number of benzene rings is 1. The standard InChI is InChI=1S/C23H25N3O5/c1-3-9-29-17-10-15-7-8-16(11-17)25(15)12-14(2)13-26-18-5-4-6-19-20(18)21(24-26)31-23(28)22(27)30-19/h1,4-6,14-17H,7-13H2,2H3/t14-,15-,16-/m1/s1. The maximum absolute atomic E-state index is 11.8. The van der Waals surface area contributed by atoms with Gasteiger partial charge in [-0.1, -0.05) is 18.9 Å². The Morgan fingerprint density at radius 3 is 2.68 bits per heavy atom. The summed E-state index contributed by atoms with van der Waals surface area (Å²) in [7, 11) is 0. The van der Waals surface area contributed by atoms with Gasteiger partial charge in [0.15, 0.2) is 0 Å². The lowest BCUT2D eigenvalue weighted by Crippen LogP contribution is -2.47. The van der Waals surface area contributed by atoms with Crippen LogP contribution in [0.25, 0.3) is 10.9 Å². The van der Waals surface area contributed by atoms with E-state index in [2.05, 4.69) is 22.8 Å². The highest BCUT2D eigenvalue weighted by molar-refractivity contribution is 6.32. The number of terminal acetylenes is 1. The molecule has 8 heteroatoms. The minimum absolute atomic E-state index is 0.125. The number of nitrogens with zero attached hydrogens (tertiary/aromatic N) is 3. The minimum Gasteiger partial charge on any atom is -0.417 e. The summed E-state index contributed by atoms with van der Waals surface area (Å²) in [5.41, 5.74) is 0.784. The van der Waals surface area contributed by atoms with E-state index in [9.17, 15) is 9.59 Å². The molecule has 0 N–H and O–H groups in total. The van der Waals surface area contributed by atoms with E-state index in [1.54, 1.807) is 12.1 Å². The second-order valence-corrected chi connectivity index (χ2v) is 8.71. The van der Waals surface area contributed by atoms with Crippen LogP contribution in [0.4, 0.5) is 0 Å². The van der Waals surface area contributed by atoms with E-state index in [0.717, 1.165) is 24.9 Å². The first-order chi connectivity index (χ1) is 15.0. The Balaban J connectivity index is 1.31. The van der Waals surface area contributed by atoms with Crippen molar-refractivity contribution < 1.29 is 23.8 Å². The third kappa shape index (κ3) is 3.68. The number of esters is 2. The van der Waals surface area contributed by atoms with E-state index in [1.807, 2.05) is 10.7 Å². The molecular weight excluding hydrogens is 398 g/mol. The van der Waals surface area contributed by atoms with E-state index in [-0.39, 0.29) is 12.0 Å². The van der Waals surface area contributed by atoms with Gasteiger partial charge in [0.25, 0.3) is 5.88 Å². The molecule has 0 amide bonds. The lowest BCUT2D eigenvalue weighted by Gasteiger charge is -2.40. The number of ether oxygens (including phenoxy) is 3. The van der Waals surface area contributed by atoms with Crippen molar-refractivity contribution in [2.75, 3.05) is 13.2 Å². The van der Waals surface area contributed by atoms with Gasteiger partial charge in [0.2, 0.25) is 0 Å². The third-order valence-corrected chi connectivity index (χ3v) is 6.52. The molecule has 2 fully saturated rings. The van der Waals surface area contributed by atoms with Crippen LogP contribution in [-0.2, 0) is 20.9 Å². The highest BCUT2D eigenvalue weighted by atomic mass is 16.6. The SMILES string of the molecule is C#CCOC1C[C@H]2CC[C@H](C1)N2C[C@@H](C)Cn1nc2c3c(cccc31)OC(=O)C(=O)O2. The van der Waals surface area contributed by atoms with Gasteiger partial charge in [-0.2, -0.15) is 0 Å². The molecule has 31 heavy (non-hydrogen) atoms. The number of carbonyl (C=O) groups is 2. The van der Waals surface area contributed by atoms with E-state index < -0.39 is 11.9 Å². The maximum atomic E-state index is 11.8.